The maximum absolute atomic E-state index is 13.3. The SMILES string of the molecule is O=C(O)c1ccc(F)c(-n2ccnn2)c1. The van der Waals surface area contributed by atoms with Crippen molar-refractivity contribution in [2.24, 2.45) is 0 Å². The molecule has 1 heterocycles. The van der Waals surface area contributed by atoms with E-state index in [9.17, 15) is 9.18 Å². The smallest absolute Gasteiger partial charge is 0.335 e. The van der Waals surface area contributed by atoms with Crippen LogP contribution >= 0.6 is 0 Å². The van der Waals surface area contributed by atoms with E-state index in [0.717, 1.165) is 6.07 Å². The van der Waals surface area contributed by atoms with E-state index in [2.05, 4.69) is 10.3 Å². The minimum absolute atomic E-state index is 0.00176. The van der Waals surface area contributed by atoms with E-state index in [4.69, 9.17) is 5.11 Å². The highest BCUT2D eigenvalue weighted by Gasteiger charge is 2.10. The van der Waals surface area contributed by atoms with Crippen LogP contribution in [0.3, 0.4) is 0 Å². The molecule has 76 valence electrons. The first-order valence-electron chi connectivity index (χ1n) is 4.08. The second-order valence-electron chi connectivity index (χ2n) is 2.82. The van der Waals surface area contributed by atoms with Gasteiger partial charge in [-0.2, -0.15) is 0 Å². The predicted molar refractivity (Wildman–Crippen MR) is 48.3 cm³/mol. The van der Waals surface area contributed by atoms with Crippen molar-refractivity contribution >= 4 is 5.97 Å². The van der Waals surface area contributed by atoms with Crippen molar-refractivity contribution in [1.82, 2.24) is 15.0 Å². The summed E-state index contributed by atoms with van der Waals surface area (Å²) in [5.41, 5.74) is 0.0642. The van der Waals surface area contributed by atoms with Crippen molar-refractivity contribution in [3.8, 4) is 5.69 Å². The van der Waals surface area contributed by atoms with Gasteiger partial charge >= 0.3 is 5.97 Å². The van der Waals surface area contributed by atoms with Gasteiger partial charge in [0, 0.05) is 0 Å². The van der Waals surface area contributed by atoms with Gasteiger partial charge in [0.1, 0.15) is 11.5 Å². The summed E-state index contributed by atoms with van der Waals surface area (Å²) in [4.78, 5) is 10.7. The summed E-state index contributed by atoms with van der Waals surface area (Å²) in [7, 11) is 0. The van der Waals surface area contributed by atoms with Crippen LogP contribution in [0.1, 0.15) is 10.4 Å². The van der Waals surface area contributed by atoms with E-state index in [1.165, 1.54) is 29.2 Å². The highest BCUT2D eigenvalue weighted by atomic mass is 19.1. The third kappa shape index (κ3) is 1.69. The van der Waals surface area contributed by atoms with Gasteiger partial charge in [-0.3, -0.25) is 0 Å². The molecular weight excluding hydrogens is 201 g/mol. The Morgan fingerprint density at radius 1 is 1.47 bits per heavy atom. The maximum atomic E-state index is 13.3. The Morgan fingerprint density at radius 3 is 2.87 bits per heavy atom. The van der Waals surface area contributed by atoms with Gasteiger partial charge in [-0.1, -0.05) is 5.21 Å². The molecule has 0 saturated heterocycles. The molecule has 0 amide bonds. The van der Waals surface area contributed by atoms with Gasteiger partial charge in [0.2, 0.25) is 0 Å². The molecule has 0 unspecified atom stereocenters. The van der Waals surface area contributed by atoms with Crippen LogP contribution in [0, 0.1) is 5.82 Å². The molecular formula is C9H6FN3O2. The van der Waals surface area contributed by atoms with E-state index < -0.39 is 11.8 Å². The molecule has 1 aromatic heterocycles. The number of aromatic carboxylic acids is 1. The van der Waals surface area contributed by atoms with E-state index in [1.54, 1.807) is 0 Å². The van der Waals surface area contributed by atoms with Gasteiger partial charge in [0.25, 0.3) is 0 Å². The molecule has 1 aromatic carbocycles. The van der Waals surface area contributed by atoms with Gasteiger partial charge in [-0.15, -0.1) is 5.10 Å². The van der Waals surface area contributed by atoms with Crippen molar-refractivity contribution in [1.29, 1.82) is 0 Å². The van der Waals surface area contributed by atoms with Crippen LogP contribution in [0.25, 0.3) is 5.69 Å². The summed E-state index contributed by atoms with van der Waals surface area (Å²) in [6, 6.07) is 3.48. The average Bonchev–Trinajstić information content (AvgIpc) is 2.71. The summed E-state index contributed by atoms with van der Waals surface area (Å²) in [5, 5.41) is 15.8. The van der Waals surface area contributed by atoms with Gasteiger partial charge in [0.15, 0.2) is 0 Å². The number of carboxylic acid groups (broad SMARTS) is 1. The highest BCUT2D eigenvalue weighted by molar-refractivity contribution is 5.88. The Morgan fingerprint density at radius 2 is 2.27 bits per heavy atom. The number of rotatable bonds is 2. The van der Waals surface area contributed by atoms with Crippen molar-refractivity contribution in [2.45, 2.75) is 0 Å². The van der Waals surface area contributed by atoms with E-state index in [0.29, 0.717) is 0 Å². The molecule has 6 heteroatoms. The number of benzene rings is 1. The minimum atomic E-state index is -1.11. The molecule has 5 nitrogen and oxygen atoms in total. The number of carboxylic acids is 1. The Balaban J connectivity index is 2.55. The molecule has 0 aliphatic heterocycles. The first-order chi connectivity index (χ1) is 7.18. The van der Waals surface area contributed by atoms with Crippen LogP contribution in [-0.2, 0) is 0 Å². The number of carbonyl (C=O) groups is 1. The average molecular weight is 207 g/mol. The number of nitrogens with zero attached hydrogens (tertiary/aromatic N) is 3. The third-order valence-electron chi connectivity index (χ3n) is 1.86. The fourth-order valence-corrected chi connectivity index (χ4v) is 1.16. The largest absolute Gasteiger partial charge is 0.478 e. The first-order valence-corrected chi connectivity index (χ1v) is 4.08. The molecule has 0 radical (unpaired) electrons. The van der Waals surface area contributed by atoms with E-state index in [1.807, 2.05) is 0 Å². The second-order valence-corrected chi connectivity index (χ2v) is 2.82. The summed E-state index contributed by atoms with van der Waals surface area (Å²) in [6.07, 6.45) is 2.82. The van der Waals surface area contributed by atoms with Gasteiger partial charge in [-0.25, -0.2) is 13.9 Å². The van der Waals surface area contributed by atoms with Crippen molar-refractivity contribution in [3.63, 3.8) is 0 Å². The molecule has 0 fully saturated rings. The Kier molecular flexibility index (Phi) is 2.17. The Labute approximate surface area is 83.8 Å². The lowest BCUT2D eigenvalue weighted by Crippen LogP contribution is -2.03. The van der Waals surface area contributed by atoms with Gasteiger partial charge < -0.3 is 5.11 Å². The minimum Gasteiger partial charge on any atom is -0.478 e. The normalized spacial score (nSPS) is 10.2. The van der Waals surface area contributed by atoms with Crippen LogP contribution in [0.5, 0.6) is 0 Å². The van der Waals surface area contributed by atoms with Crippen LogP contribution in [0.15, 0.2) is 30.6 Å². The Hall–Kier alpha value is -2.24. The predicted octanol–water partition coefficient (Wildman–Crippen LogP) is 1.10. The monoisotopic (exact) mass is 207 g/mol. The van der Waals surface area contributed by atoms with Gasteiger partial charge in [0.05, 0.1) is 18.0 Å². The summed E-state index contributed by atoms with van der Waals surface area (Å²) in [5.74, 6) is -1.66. The molecule has 0 atom stereocenters. The molecule has 2 rings (SSSR count). The number of halogens is 1. The van der Waals surface area contributed by atoms with Crippen molar-refractivity contribution in [3.05, 3.63) is 42.0 Å². The molecule has 1 N–H and O–H groups in total. The van der Waals surface area contributed by atoms with Crippen LogP contribution in [0.4, 0.5) is 4.39 Å². The lowest BCUT2D eigenvalue weighted by atomic mass is 10.2. The molecule has 0 bridgehead atoms. The zero-order valence-electron chi connectivity index (χ0n) is 7.46. The lowest BCUT2D eigenvalue weighted by molar-refractivity contribution is 0.0697. The summed E-state index contributed by atoms with van der Waals surface area (Å²) < 4.78 is 14.5. The zero-order chi connectivity index (χ0) is 10.8. The van der Waals surface area contributed by atoms with Crippen LogP contribution < -0.4 is 0 Å². The zero-order valence-corrected chi connectivity index (χ0v) is 7.46. The Bertz CT molecular complexity index is 496. The fourth-order valence-electron chi connectivity index (χ4n) is 1.16. The third-order valence-corrected chi connectivity index (χ3v) is 1.86. The number of aromatic nitrogens is 3. The maximum Gasteiger partial charge on any atom is 0.335 e. The fraction of sp³-hybridized carbons (Fsp3) is 0. The molecule has 0 spiro atoms. The molecule has 2 aromatic rings. The number of hydrogen-bond acceptors (Lipinski definition) is 3. The van der Waals surface area contributed by atoms with E-state index >= 15 is 0 Å². The molecule has 0 saturated carbocycles. The van der Waals surface area contributed by atoms with Crippen molar-refractivity contribution in [2.75, 3.05) is 0 Å². The van der Waals surface area contributed by atoms with Gasteiger partial charge in [-0.05, 0) is 18.2 Å². The summed E-state index contributed by atoms with van der Waals surface area (Å²) in [6.45, 7) is 0. The molecule has 0 aliphatic carbocycles. The summed E-state index contributed by atoms with van der Waals surface area (Å²) >= 11 is 0. The van der Waals surface area contributed by atoms with E-state index in [-0.39, 0.29) is 11.3 Å². The highest BCUT2D eigenvalue weighted by Crippen LogP contribution is 2.14. The first kappa shape index (κ1) is 9.32. The van der Waals surface area contributed by atoms with Crippen molar-refractivity contribution < 1.29 is 14.3 Å². The topological polar surface area (TPSA) is 68.0 Å². The molecule has 0 aliphatic rings. The van der Waals surface area contributed by atoms with Crippen LogP contribution in [0.2, 0.25) is 0 Å². The van der Waals surface area contributed by atoms with Crippen LogP contribution in [-0.4, -0.2) is 26.1 Å². The lowest BCUT2D eigenvalue weighted by Gasteiger charge is -2.02. The molecule has 15 heavy (non-hydrogen) atoms. The second kappa shape index (κ2) is 3.49. The quantitative estimate of drug-likeness (QED) is 0.800. The number of hydrogen-bond donors (Lipinski definition) is 1. The standard InChI is InChI=1S/C9H6FN3O2/c10-7-2-1-6(9(14)15)5-8(7)13-4-3-11-12-13/h1-5H,(H,14,15).